The number of fused-ring (bicyclic) bond motifs is 2. The van der Waals surface area contributed by atoms with Gasteiger partial charge < -0.3 is 9.15 Å². The van der Waals surface area contributed by atoms with Crippen molar-refractivity contribution in [1.82, 2.24) is 4.31 Å². The number of furan rings is 1. The second-order valence-corrected chi connectivity index (χ2v) is 8.89. The third-order valence-electron chi connectivity index (χ3n) is 5.06. The van der Waals surface area contributed by atoms with Gasteiger partial charge in [0.15, 0.2) is 0 Å². The van der Waals surface area contributed by atoms with Crippen LogP contribution in [-0.2, 0) is 26.2 Å². The van der Waals surface area contributed by atoms with E-state index in [1.165, 1.54) is 45.5 Å². The lowest BCUT2D eigenvalue weighted by Crippen LogP contribution is -2.21. The molecule has 2 aliphatic carbocycles. The molecule has 0 amide bonds. The first kappa shape index (κ1) is 16.5. The van der Waals surface area contributed by atoms with Gasteiger partial charge in [0.25, 0.3) is 10.0 Å². The number of ether oxygens (including phenoxy) is 1. The average Bonchev–Trinajstić information content (AvgIpc) is 3.21. The van der Waals surface area contributed by atoms with Crippen LogP contribution in [0.4, 0.5) is 0 Å². The molecule has 2 aliphatic rings. The molecule has 2 bridgehead atoms. The molecule has 7 heteroatoms. The Hall–Kier alpha value is -1.34. The molecule has 3 unspecified atom stereocenters. The average molecular weight is 341 g/mol. The molecule has 1 aromatic heterocycles. The molecule has 0 aromatic carbocycles. The lowest BCUT2D eigenvalue weighted by Gasteiger charge is -2.20. The van der Waals surface area contributed by atoms with Gasteiger partial charge in [-0.25, -0.2) is 12.7 Å². The summed E-state index contributed by atoms with van der Waals surface area (Å²) < 4.78 is 35.4. The molecule has 128 valence electrons. The summed E-state index contributed by atoms with van der Waals surface area (Å²) in [5.74, 6) is 2.07. The van der Waals surface area contributed by atoms with Gasteiger partial charge >= 0.3 is 5.97 Å². The lowest BCUT2D eigenvalue weighted by atomic mass is 9.86. The molecule has 3 atom stereocenters. The number of carbonyl (C=O) groups excluding carboxylic acids is 1. The third-order valence-corrected chi connectivity index (χ3v) is 6.75. The summed E-state index contributed by atoms with van der Waals surface area (Å²) >= 11 is 0. The zero-order chi connectivity index (χ0) is 16.6. The summed E-state index contributed by atoms with van der Waals surface area (Å²) in [5.41, 5.74) is 0. The van der Waals surface area contributed by atoms with Crippen molar-refractivity contribution in [2.45, 2.75) is 43.8 Å². The highest BCUT2D eigenvalue weighted by Crippen LogP contribution is 2.49. The standard InChI is InChI=1S/C16H23NO5S/c1-17(2)23(19,20)16-6-5-14(22-16)10-21-15(18)9-13-8-11-3-4-12(13)7-11/h5-6,11-13H,3-4,7-10H2,1-2H3. The first-order valence-electron chi connectivity index (χ1n) is 8.03. The summed E-state index contributed by atoms with van der Waals surface area (Å²) in [4.78, 5) is 12.0. The van der Waals surface area contributed by atoms with Crippen LogP contribution in [0.5, 0.6) is 0 Å². The zero-order valence-corrected chi connectivity index (χ0v) is 14.3. The van der Waals surface area contributed by atoms with Crippen LogP contribution in [-0.4, -0.2) is 32.8 Å². The minimum Gasteiger partial charge on any atom is -0.457 e. The van der Waals surface area contributed by atoms with Crippen LogP contribution >= 0.6 is 0 Å². The monoisotopic (exact) mass is 341 g/mol. The van der Waals surface area contributed by atoms with Crippen molar-refractivity contribution in [1.29, 1.82) is 0 Å². The first-order valence-corrected chi connectivity index (χ1v) is 9.47. The van der Waals surface area contributed by atoms with Crippen molar-refractivity contribution >= 4 is 16.0 Å². The summed E-state index contributed by atoms with van der Waals surface area (Å²) in [6.45, 7) is -0.0252. The smallest absolute Gasteiger partial charge is 0.306 e. The van der Waals surface area contributed by atoms with Crippen molar-refractivity contribution < 1.29 is 22.4 Å². The second kappa shape index (κ2) is 6.28. The van der Waals surface area contributed by atoms with Crippen LogP contribution in [0.1, 0.15) is 37.9 Å². The van der Waals surface area contributed by atoms with E-state index in [9.17, 15) is 13.2 Å². The SMILES string of the molecule is CN(C)S(=O)(=O)c1ccc(COC(=O)CC2CC3CCC2C3)o1. The molecule has 0 radical (unpaired) electrons. The van der Waals surface area contributed by atoms with Crippen LogP contribution < -0.4 is 0 Å². The third kappa shape index (κ3) is 3.45. The van der Waals surface area contributed by atoms with Gasteiger partial charge in [-0.05, 0) is 49.1 Å². The van der Waals surface area contributed by atoms with Gasteiger partial charge in [-0.2, -0.15) is 0 Å². The maximum atomic E-state index is 12.0. The van der Waals surface area contributed by atoms with E-state index >= 15 is 0 Å². The Balaban J connectivity index is 1.51. The Morgan fingerprint density at radius 1 is 1.30 bits per heavy atom. The maximum absolute atomic E-state index is 12.0. The van der Waals surface area contributed by atoms with Crippen LogP contribution in [0, 0.1) is 17.8 Å². The van der Waals surface area contributed by atoms with Crippen molar-refractivity contribution in [3.8, 4) is 0 Å². The number of esters is 1. The van der Waals surface area contributed by atoms with Gasteiger partial charge in [-0.3, -0.25) is 4.79 Å². The van der Waals surface area contributed by atoms with Crippen molar-refractivity contribution in [3.05, 3.63) is 17.9 Å². The molecule has 0 spiro atoms. The fourth-order valence-electron chi connectivity index (χ4n) is 3.81. The Morgan fingerprint density at radius 2 is 2.09 bits per heavy atom. The molecule has 0 saturated heterocycles. The highest BCUT2D eigenvalue weighted by Gasteiger charge is 2.40. The quantitative estimate of drug-likeness (QED) is 0.743. The molecule has 3 rings (SSSR count). The molecule has 23 heavy (non-hydrogen) atoms. The highest BCUT2D eigenvalue weighted by atomic mass is 32.2. The van der Waals surface area contributed by atoms with Crippen molar-refractivity contribution in [2.75, 3.05) is 14.1 Å². The summed E-state index contributed by atoms with van der Waals surface area (Å²) in [6, 6.07) is 2.91. The first-order chi connectivity index (χ1) is 10.9. The topological polar surface area (TPSA) is 76.8 Å². The lowest BCUT2D eigenvalue weighted by molar-refractivity contribution is -0.147. The van der Waals surface area contributed by atoms with E-state index in [0.29, 0.717) is 24.0 Å². The van der Waals surface area contributed by atoms with Crippen LogP contribution in [0.25, 0.3) is 0 Å². The van der Waals surface area contributed by atoms with Gasteiger partial charge in [0.05, 0.1) is 0 Å². The molecule has 2 fully saturated rings. The molecular weight excluding hydrogens is 318 g/mol. The van der Waals surface area contributed by atoms with Gasteiger partial charge in [0.1, 0.15) is 12.4 Å². The van der Waals surface area contributed by atoms with Gasteiger partial charge in [0.2, 0.25) is 5.09 Å². The van der Waals surface area contributed by atoms with E-state index in [0.717, 1.165) is 16.6 Å². The Kier molecular flexibility index (Phi) is 4.51. The van der Waals surface area contributed by atoms with Gasteiger partial charge in [0, 0.05) is 20.5 Å². The number of nitrogens with zero attached hydrogens (tertiary/aromatic N) is 1. The largest absolute Gasteiger partial charge is 0.457 e. The zero-order valence-electron chi connectivity index (χ0n) is 13.5. The number of hydrogen-bond donors (Lipinski definition) is 0. The van der Waals surface area contributed by atoms with Gasteiger partial charge in [-0.1, -0.05) is 6.42 Å². The Bertz CT molecular complexity index is 678. The van der Waals surface area contributed by atoms with E-state index in [1.54, 1.807) is 0 Å². The number of rotatable bonds is 6. The number of sulfonamides is 1. The minimum atomic E-state index is -3.59. The van der Waals surface area contributed by atoms with Crippen molar-refractivity contribution in [2.24, 2.45) is 17.8 Å². The predicted octanol–water partition coefficient (Wildman–Crippen LogP) is 2.40. The predicted molar refractivity (Wildman–Crippen MR) is 82.9 cm³/mol. The molecule has 0 N–H and O–H groups in total. The molecule has 2 saturated carbocycles. The fourth-order valence-corrected chi connectivity index (χ4v) is 4.62. The second-order valence-electron chi connectivity index (χ2n) is 6.81. The van der Waals surface area contributed by atoms with Gasteiger partial charge in [-0.15, -0.1) is 0 Å². The van der Waals surface area contributed by atoms with Crippen LogP contribution in [0.3, 0.4) is 0 Å². The molecule has 1 heterocycles. The van der Waals surface area contributed by atoms with Crippen LogP contribution in [0.15, 0.2) is 21.6 Å². The minimum absolute atomic E-state index is 0.0252. The molecule has 0 aliphatic heterocycles. The number of hydrogen-bond acceptors (Lipinski definition) is 5. The fraction of sp³-hybridized carbons (Fsp3) is 0.688. The van der Waals surface area contributed by atoms with E-state index in [-0.39, 0.29) is 17.7 Å². The summed E-state index contributed by atoms with van der Waals surface area (Å²) in [6.07, 6.45) is 5.43. The Labute approximate surface area is 136 Å². The summed E-state index contributed by atoms with van der Waals surface area (Å²) in [5, 5.41) is -0.137. The summed E-state index contributed by atoms with van der Waals surface area (Å²) in [7, 11) is -0.718. The van der Waals surface area contributed by atoms with E-state index in [4.69, 9.17) is 9.15 Å². The normalized spacial score (nSPS) is 26.8. The molecule has 1 aromatic rings. The molecular formula is C16H23NO5S. The van der Waals surface area contributed by atoms with Crippen LogP contribution in [0.2, 0.25) is 0 Å². The Morgan fingerprint density at radius 3 is 2.70 bits per heavy atom. The molecule has 6 nitrogen and oxygen atoms in total. The van der Waals surface area contributed by atoms with E-state index in [1.807, 2.05) is 0 Å². The van der Waals surface area contributed by atoms with E-state index in [2.05, 4.69) is 0 Å². The number of carbonyl (C=O) groups is 1. The van der Waals surface area contributed by atoms with E-state index < -0.39 is 10.0 Å². The van der Waals surface area contributed by atoms with Crippen molar-refractivity contribution in [3.63, 3.8) is 0 Å². The maximum Gasteiger partial charge on any atom is 0.306 e. The highest BCUT2D eigenvalue weighted by molar-refractivity contribution is 7.88.